The van der Waals surface area contributed by atoms with E-state index in [9.17, 15) is 4.79 Å². The third kappa shape index (κ3) is 4.85. The zero-order chi connectivity index (χ0) is 20.2. The van der Waals surface area contributed by atoms with E-state index >= 15 is 0 Å². The van der Waals surface area contributed by atoms with Crippen molar-refractivity contribution in [3.63, 3.8) is 0 Å². The summed E-state index contributed by atoms with van der Waals surface area (Å²) in [4.78, 5) is 22.2. The van der Waals surface area contributed by atoms with Crippen LogP contribution in [0.15, 0.2) is 36.8 Å². The normalized spacial score (nSPS) is 25.4. The summed E-state index contributed by atoms with van der Waals surface area (Å²) in [5, 5.41) is 7.48. The number of hydrogen-bond acceptors (Lipinski definition) is 5. The molecule has 0 radical (unpaired) electrons. The monoisotopic (exact) mass is 396 g/mol. The predicted molar refractivity (Wildman–Crippen MR) is 113 cm³/mol. The van der Waals surface area contributed by atoms with Crippen LogP contribution in [-0.2, 0) is 0 Å². The van der Waals surface area contributed by atoms with Crippen LogP contribution in [0.1, 0.15) is 42.5 Å². The third-order valence-corrected chi connectivity index (χ3v) is 6.49. The second kappa shape index (κ2) is 9.05. The van der Waals surface area contributed by atoms with Gasteiger partial charge in [0, 0.05) is 43.8 Å². The zero-order valence-electron chi connectivity index (χ0n) is 17.5. The molecule has 0 aromatic carbocycles. The molecular weight excluding hydrogens is 364 g/mol. The van der Waals surface area contributed by atoms with Crippen molar-refractivity contribution in [3.05, 3.63) is 42.4 Å². The second-order valence-corrected chi connectivity index (χ2v) is 8.62. The number of aromatic nitrogens is 3. The smallest absolute Gasteiger partial charge is 0.253 e. The SMILES string of the molecule is CN1CCC(N(C)C[C@@H]2CCCC[C@H]2NC(=O)c2ccc(-n3cccn3)nc2)C1. The van der Waals surface area contributed by atoms with Crippen molar-refractivity contribution in [2.75, 3.05) is 33.7 Å². The number of hydrogen-bond donors (Lipinski definition) is 1. The van der Waals surface area contributed by atoms with E-state index in [1.54, 1.807) is 17.1 Å². The summed E-state index contributed by atoms with van der Waals surface area (Å²) in [6.07, 6.45) is 11.1. The van der Waals surface area contributed by atoms with Crippen LogP contribution in [0.3, 0.4) is 0 Å². The molecule has 2 fully saturated rings. The van der Waals surface area contributed by atoms with E-state index in [-0.39, 0.29) is 11.9 Å². The van der Waals surface area contributed by atoms with Crippen molar-refractivity contribution in [1.29, 1.82) is 0 Å². The molecule has 1 amide bonds. The molecule has 1 aliphatic heterocycles. The fourth-order valence-electron chi connectivity index (χ4n) is 4.72. The molecule has 3 heterocycles. The van der Waals surface area contributed by atoms with E-state index in [1.165, 1.54) is 32.2 Å². The van der Waals surface area contributed by atoms with Gasteiger partial charge in [-0.2, -0.15) is 5.10 Å². The highest BCUT2D eigenvalue weighted by Crippen LogP contribution is 2.27. The maximum atomic E-state index is 12.8. The van der Waals surface area contributed by atoms with E-state index in [0.717, 1.165) is 19.5 Å². The molecule has 156 valence electrons. The number of rotatable bonds is 6. The van der Waals surface area contributed by atoms with E-state index in [2.05, 4.69) is 39.3 Å². The molecule has 0 bridgehead atoms. The third-order valence-electron chi connectivity index (χ3n) is 6.49. The van der Waals surface area contributed by atoms with Gasteiger partial charge in [-0.15, -0.1) is 0 Å². The first-order chi connectivity index (χ1) is 14.1. The number of likely N-dealkylation sites (N-methyl/N-ethyl adjacent to an activating group) is 2. The Morgan fingerprint density at radius 3 is 2.83 bits per heavy atom. The molecule has 1 N–H and O–H groups in total. The van der Waals surface area contributed by atoms with Gasteiger partial charge in [0.25, 0.3) is 5.91 Å². The fraction of sp³-hybridized carbons (Fsp3) is 0.591. The molecule has 2 aromatic rings. The average molecular weight is 397 g/mol. The van der Waals surface area contributed by atoms with Gasteiger partial charge in [-0.1, -0.05) is 12.8 Å². The molecule has 0 spiro atoms. The van der Waals surface area contributed by atoms with Gasteiger partial charge in [0.2, 0.25) is 0 Å². The van der Waals surface area contributed by atoms with Crippen LogP contribution in [0.2, 0.25) is 0 Å². The Kier molecular flexibility index (Phi) is 6.25. The molecule has 7 heteroatoms. The Balaban J connectivity index is 1.36. The molecule has 1 aliphatic carbocycles. The lowest BCUT2D eigenvalue weighted by atomic mass is 9.83. The first-order valence-corrected chi connectivity index (χ1v) is 10.8. The summed E-state index contributed by atoms with van der Waals surface area (Å²) in [5.74, 6) is 1.20. The second-order valence-electron chi connectivity index (χ2n) is 8.62. The molecule has 4 rings (SSSR count). The molecule has 1 saturated heterocycles. The van der Waals surface area contributed by atoms with Gasteiger partial charge in [0.15, 0.2) is 5.82 Å². The van der Waals surface area contributed by atoms with Crippen LogP contribution >= 0.6 is 0 Å². The average Bonchev–Trinajstić information content (AvgIpc) is 3.41. The van der Waals surface area contributed by atoms with Crippen molar-refractivity contribution in [3.8, 4) is 5.82 Å². The largest absolute Gasteiger partial charge is 0.349 e. The summed E-state index contributed by atoms with van der Waals surface area (Å²) < 4.78 is 1.69. The zero-order valence-corrected chi connectivity index (χ0v) is 17.5. The van der Waals surface area contributed by atoms with Crippen molar-refractivity contribution < 1.29 is 4.79 Å². The van der Waals surface area contributed by atoms with E-state index in [4.69, 9.17) is 0 Å². The first kappa shape index (κ1) is 20.0. The van der Waals surface area contributed by atoms with Gasteiger partial charge in [-0.3, -0.25) is 4.79 Å². The predicted octanol–water partition coefficient (Wildman–Crippen LogP) is 2.19. The van der Waals surface area contributed by atoms with Gasteiger partial charge < -0.3 is 15.1 Å². The Morgan fingerprint density at radius 2 is 2.14 bits per heavy atom. The Hall–Kier alpha value is -2.25. The number of nitrogens with zero attached hydrogens (tertiary/aromatic N) is 5. The molecular formula is C22H32N6O. The number of pyridine rings is 1. The number of carbonyl (C=O) groups is 1. The van der Waals surface area contributed by atoms with Crippen molar-refractivity contribution >= 4 is 5.91 Å². The molecule has 1 unspecified atom stereocenters. The summed E-state index contributed by atoms with van der Waals surface area (Å²) in [6, 6.07) is 6.40. The number of nitrogens with one attached hydrogen (secondary N) is 1. The summed E-state index contributed by atoms with van der Waals surface area (Å²) in [7, 11) is 4.44. The lowest BCUT2D eigenvalue weighted by Crippen LogP contribution is -2.47. The van der Waals surface area contributed by atoms with Crippen molar-refractivity contribution in [1.82, 2.24) is 29.9 Å². The Morgan fingerprint density at radius 1 is 1.28 bits per heavy atom. The molecule has 7 nitrogen and oxygen atoms in total. The standard InChI is InChI=1S/C22H32N6O/c1-26-13-10-19(16-26)27(2)15-18-6-3-4-7-20(18)25-22(29)17-8-9-21(23-14-17)28-12-5-11-24-28/h5,8-9,11-12,14,18-20H,3-4,6-7,10,13,15-16H2,1-2H3,(H,25,29)/t18-,19?,20+/m0/s1. The topological polar surface area (TPSA) is 66.3 Å². The van der Waals surface area contributed by atoms with Crippen LogP contribution in [0.25, 0.3) is 5.82 Å². The van der Waals surface area contributed by atoms with Crippen molar-refractivity contribution in [2.24, 2.45) is 5.92 Å². The summed E-state index contributed by atoms with van der Waals surface area (Å²) >= 11 is 0. The Labute approximate surface area is 173 Å². The molecule has 3 atom stereocenters. The number of likely N-dealkylation sites (tertiary alicyclic amines) is 1. The molecule has 2 aliphatic rings. The molecule has 2 aromatic heterocycles. The maximum absolute atomic E-state index is 12.8. The highest BCUT2D eigenvalue weighted by molar-refractivity contribution is 5.94. The highest BCUT2D eigenvalue weighted by Gasteiger charge is 2.31. The van der Waals surface area contributed by atoms with Crippen LogP contribution < -0.4 is 5.32 Å². The molecule has 1 saturated carbocycles. The minimum atomic E-state index is -0.0235. The first-order valence-electron chi connectivity index (χ1n) is 10.8. The van der Waals surface area contributed by atoms with E-state index < -0.39 is 0 Å². The van der Waals surface area contributed by atoms with Gasteiger partial charge in [-0.25, -0.2) is 9.67 Å². The van der Waals surface area contributed by atoms with Gasteiger partial charge in [0.05, 0.1) is 5.56 Å². The quantitative estimate of drug-likeness (QED) is 0.811. The van der Waals surface area contributed by atoms with Crippen molar-refractivity contribution in [2.45, 2.75) is 44.2 Å². The lowest BCUT2D eigenvalue weighted by Gasteiger charge is -2.36. The minimum Gasteiger partial charge on any atom is -0.349 e. The van der Waals surface area contributed by atoms with Crippen LogP contribution in [0.5, 0.6) is 0 Å². The molecule has 29 heavy (non-hydrogen) atoms. The van der Waals surface area contributed by atoms with Crippen LogP contribution in [-0.4, -0.2) is 76.3 Å². The maximum Gasteiger partial charge on any atom is 0.253 e. The van der Waals surface area contributed by atoms with E-state index in [0.29, 0.717) is 23.3 Å². The Bertz CT molecular complexity index is 790. The summed E-state index contributed by atoms with van der Waals surface area (Å²) in [6.45, 7) is 3.38. The highest BCUT2D eigenvalue weighted by atomic mass is 16.1. The minimum absolute atomic E-state index is 0.0235. The fourth-order valence-corrected chi connectivity index (χ4v) is 4.72. The number of amides is 1. The van der Waals surface area contributed by atoms with Gasteiger partial charge in [0.1, 0.15) is 0 Å². The van der Waals surface area contributed by atoms with Crippen LogP contribution in [0.4, 0.5) is 0 Å². The lowest BCUT2D eigenvalue weighted by molar-refractivity contribution is 0.0880. The number of carbonyl (C=O) groups excluding carboxylic acids is 1. The summed E-state index contributed by atoms with van der Waals surface area (Å²) in [5.41, 5.74) is 0.607. The van der Waals surface area contributed by atoms with Gasteiger partial charge in [-0.05, 0) is 64.0 Å². The van der Waals surface area contributed by atoms with E-state index in [1.807, 2.05) is 24.4 Å². The van der Waals surface area contributed by atoms with Gasteiger partial charge >= 0.3 is 0 Å². The van der Waals surface area contributed by atoms with Crippen LogP contribution in [0, 0.1) is 5.92 Å².